The number of piperazine rings is 1. The number of hydrogen-bond acceptors (Lipinski definition) is 5. The Hall–Kier alpha value is -1.77. The van der Waals surface area contributed by atoms with Gasteiger partial charge in [0.15, 0.2) is 0 Å². The Morgan fingerprint density at radius 1 is 1.03 bits per heavy atom. The Morgan fingerprint density at radius 2 is 1.73 bits per heavy atom. The van der Waals surface area contributed by atoms with E-state index in [2.05, 4.69) is 10.3 Å². The molecule has 0 unspecified atom stereocenters. The van der Waals surface area contributed by atoms with Crippen molar-refractivity contribution in [1.29, 1.82) is 0 Å². The Labute approximate surface area is 187 Å². The summed E-state index contributed by atoms with van der Waals surface area (Å²) in [4.78, 5) is 7.41. The molecule has 0 saturated carbocycles. The van der Waals surface area contributed by atoms with Crippen LogP contribution in [0.1, 0.15) is 16.1 Å². The Morgan fingerprint density at radius 3 is 2.40 bits per heavy atom. The number of halogens is 1. The first kappa shape index (κ1) is 21.5. The molecule has 1 aromatic heterocycles. The number of aromatic nitrogens is 1. The highest BCUT2D eigenvalue weighted by Gasteiger charge is 2.29. The molecule has 0 aliphatic carbocycles. The van der Waals surface area contributed by atoms with Crippen LogP contribution in [0.3, 0.4) is 0 Å². The molecular weight excluding hydrogens is 438 g/mol. The van der Waals surface area contributed by atoms with E-state index in [0.717, 1.165) is 33.9 Å². The lowest BCUT2D eigenvalue weighted by molar-refractivity contribution is 0.181. The lowest BCUT2D eigenvalue weighted by atomic mass is 10.2. The molecule has 2 aromatic carbocycles. The molecule has 8 heteroatoms. The summed E-state index contributed by atoms with van der Waals surface area (Å²) in [5, 5.41) is 3.80. The zero-order valence-corrected chi connectivity index (χ0v) is 19.4. The van der Waals surface area contributed by atoms with E-state index in [1.807, 2.05) is 50.2 Å². The van der Waals surface area contributed by atoms with E-state index in [1.165, 1.54) is 0 Å². The van der Waals surface area contributed by atoms with E-state index in [4.69, 9.17) is 16.6 Å². The average Bonchev–Trinajstić information content (AvgIpc) is 3.17. The third-order valence-corrected chi connectivity index (χ3v) is 8.47. The monoisotopic (exact) mass is 461 g/mol. The minimum atomic E-state index is -3.46. The van der Waals surface area contributed by atoms with Gasteiger partial charge in [0.25, 0.3) is 0 Å². The maximum Gasteiger partial charge on any atom is 0.243 e. The SMILES string of the molecule is Cc1ccc(S(=O)(=O)N2CCN(Cc3nc(-c4ccc(Cl)cc4)cs3)CC2)c(C)c1. The fraction of sp³-hybridized carbons (Fsp3) is 0.318. The summed E-state index contributed by atoms with van der Waals surface area (Å²) in [6.07, 6.45) is 0. The van der Waals surface area contributed by atoms with Crippen molar-refractivity contribution >= 4 is 33.0 Å². The lowest BCUT2D eigenvalue weighted by Gasteiger charge is -2.33. The van der Waals surface area contributed by atoms with Crippen molar-refractivity contribution in [3.05, 3.63) is 69.0 Å². The fourth-order valence-corrected chi connectivity index (χ4v) is 6.28. The molecule has 0 N–H and O–H groups in total. The average molecular weight is 462 g/mol. The molecule has 0 radical (unpaired) electrons. The molecule has 1 fully saturated rings. The van der Waals surface area contributed by atoms with Gasteiger partial charge in [-0.1, -0.05) is 41.4 Å². The Bertz CT molecular complexity index is 1140. The van der Waals surface area contributed by atoms with Gasteiger partial charge in [-0.2, -0.15) is 4.31 Å². The van der Waals surface area contributed by atoms with Crippen molar-refractivity contribution in [2.24, 2.45) is 0 Å². The molecule has 4 rings (SSSR count). The van der Waals surface area contributed by atoms with E-state index in [0.29, 0.717) is 36.1 Å². The summed E-state index contributed by atoms with van der Waals surface area (Å²) in [5.41, 5.74) is 3.86. The molecule has 0 atom stereocenters. The maximum atomic E-state index is 13.1. The van der Waals surface area contributed by atoms with E-state index in [1.54, 1.807) is 21.7 Å². The molecule has 3 aromatic rings. The van der Waals surface area contributed by atoms with Crippen molar-refractivity contribution in [2.75, 3.05) is 26.2 Å². The number of rotatable bonds is 5. The highest BCUT2D eigenvalue weighted by atomic mass is 35.5. The number of aryl methyl sites for hydroxylation is 2. The first-order valence-electron chi connectivity index (χ1n) is 9.83. The van der Waals surface area contributed by atoms with Gasteiger partial charge in [0.05, 0.1) is 17.1 Å². The normalized spacial score (nSPS) is 16.1. The van der Waals surface area contributed by atoms with E-state index in [9.17, 15) is 8.42 Å². The molecule has 2 heterocycles. The summed E-state index contributed by atoms with van der Waals surface area (Å²) in [7, 11) is -3.46. The number of hydrogen-bond donors (Lipinski definition) is 0. The highest BCUT2D eigenvalue weighted by molar-refractivity contribution is 7.89. The number of nitrogens with zero attached hydrogens (tertiary/aromatic N) is 3. The highest BCUT2D eigenvalue weighted by Crippen LogP contribution is 2.26. The van der Waals surface area contributed by atoms with Crippen LogP contribution in [0.4, 0.5) is 0 Å². The molecular formula is C22H24ClN3O2S2. The molecule has 1 saturated heterocycles. The Balaban J connectivity index is 1.38. The summed E-state index contributed by atoms with van der Waals surface area (Å²) in [6.45, 7) is 6.93. The minimum Gasteiger partial charge on any atom is -0.294 e. The summed E-state index contributed by atoms with van der Waals surface area (Å²) >= 11 is 7.59. The van der Waals surface area contributed by atoms with Crippen LogP contribution in [0.5, 0.6) is 0 Å². The molecule has 5 nitrogen and oxygen atoms in total. The number of benzene rings is 2. The van der Waals surface area contributed by atoms with Crippen LogP contribution in [-0.4, -0.2) is 48.8 Å². The van der Waals surface area contributed by atoms with Crippen LogP contribution in [0.25, 0.3) is 11.3 Å². The predicted octanol–water partition coefficient (Wildman–Crippen LogP) is 4.59. The minimum absolute atomic E-state index is 0.411. The second-order valence-electron chi connectivity index (χ2n) is 7.58. The van der Waals surface area contributed by atoms with Crippen LogP contribution < -0.4 is 0 Å². The fourth-order valence-electron chi connectivity index (χ4n) is 3.68. The zero-order chi connectivity index (χ0) is 21.3. The molecule has 158 valence electrons. The van der Waals surface area contributed by atoms with Gasteiger partial charge < -0.3 is 0 Å². The van der Waals surface area contributed by atoms with Crippen molar-refractivity contribution in [2.45, 2.75) is 25.3 Å². The first-order chi connectivity index (χ1) is 14.3. The zero-order valence-electron chi connectivity index (χ0n) is 17.0. The second kappa shape index (κ2) is 8.77. The molecule has 0 bridgehead atoms. The van der Waals surface area contributed by atoms with Crippen LogP contribution in [0, 0.1) is 13.8 Å². The smallest absolute Gasteiger partial charge is 0.243 e. The van der Waals surface area contributed by atoms with Gasteiger partial charge in [0.1, 0.15) is 5.01 Å². The van der Waals surface area contributed by atoms with E-state index >= 15 is 0 Å². The summed E-state index contributed by atoms with van der Waals surface area (Å²) in [6, 6.07) is 13.2. The lowest BCUT2D eigenvalue weighted by Crippen LogP contribution is -2.48. The van der Waals surface area contributed by atoms with Gasteiger partial charge in [-0.25, -0.2) is 13.4 Å². The summed E-state index contributed by atoms with van der Waals surface area (Å²) < 4.78 is 27.7. The van der Waals surface area contributed by atoms with Crippen molar-refractivity contribution in [3.63, 3.8) is 0 Å². The quantitative estimate of drug-likeness (QED) is 0.557. The van der Waals surface area contributed by atoms with Gasteiger partial charge >= 0.3 is 0 Å². The van der Waals surface area contributed by atoms with Crippen LogP contribution >= 0.6 is 22.9 Å². The van der Waals surface area contributed by atoms with E-state index in [-0.39, 0.29) is 0 Å². The van der Waals surface area contributed by atoms with Crippen LogP contribution in [0.2, 0.25) is 5.02 Å². The molecule has 0 amide bonds. The second-order valence-corrected chi connectivity index (χ2v) is 10.9. The van der Waals surface area contributed by atoms with Gasteiger partial charge in [0.2, 0.25) is 10.0 Å². The number of thiazole rings is 1. The first-order valence-corrected chi connectivity index (χ1v) is 12.5. The number of sulfonamides is 1. The largest absolute Gasteiger partial charge is 0.294 e. The van der Waals surface area contributed by atoms with Gasteiger partial charge in [-0.05, 0) is 37.6 Å². The van der Waals surface area contributed by atoms with Crippen molar-refractivity contribution in [3.8, 4) is 11.3 Å². The maximum absolute atomic E-state index is 13.1. The standard InChI is InChI=1S/C22H24ClN3O2S2/c1-16-3-8-21(17(2)13-16)30(27,28)26-11-9-25(10-12-26)14-22-24-20(15-29-22)18-4-6-19(23)7-5-18/h3-8,13,15H,9-12,14H2,1-2H3. The third-order valence-electron chi connectivity index (χ3n) is 5.33. The molecule has 1 aliphatic rings. The molecule has 1 aliphatic heterocycles. The molecule has 0 spiro atoms. The van der Waals surface area contributed by atoms with Crippen LogP contribution in [0.15, 0.2) is 52.7 Å². The van der Waals surface area contributed by atoms with Crippen molar-refractivity contribution in [1.82, 2.24) is 14.2 Å². The van der Waals surface area contributed by atoms with Crippen molar-refractivity contribution < 1.29 is 8.42 Å². The van der Waals surface area contributed by atoms with Gasteiger partial charge in [-0.3, -0.25) is 4.90 Å². The van der Waals surface area contributed by atoms with Crippen LogP contribution in [-0.2, 0) is 16.6 Å². The summed E-state index contributed by atoms with van der Waals surface area (Å²) in [5.74, 6) is 0. The topological polar surface area (TPSA) is 53.5 Å². The van der Waals surface area contributed by atoms with Gasteiger partial charge in [-0.15, -0.1) is 11.3 Å². The third kappa shape index (κ3) is 4.60. The molecule has 30 heavy (non-hydrogen) atoms. The van der Waals surface area contributed by atoms with E-state index < -0.39 is 10.0 Å². The van der Waals surface area contributed by atoms with Gasteiger partial charge in [0, 0.05) is 42.1 Å². The predicted molar refractivity (Wildman–Crippen MR) is 123 cm³/mol. The Kier molecular flexibility index (Phi) is 6.27.